The van der Waals surface area contributed by atoms with Crippen molar-refractivity contribution in [3.8, 4) is 22.6 Å². The molecular weight excluding hydrogens is 230 g/mol. The second-order valence-electron chi connectivity index (χ2n) is 3.84. The van der Waals surface area contributed by atoms with Crippen molar-refractivity contribution in [2.24, 2.45) is 7.05 Å². The maximum absolute atomic E-state index is 6.00. The molecule has 0 aliphatic rings. The van der Waals surface area contributed by atoms with Crippen LogP contribution in [0.3, 0.4) is 0 Å². The predicted molar refractivity (Wildman–Crippen MR) is 70.8 cm³/mol. The van der Waals surface area contributed by atoms with Crippen molar-refractivity contribution in [2.75, 3.05) is 19.5 Å². The Morgan fingerprint density at radius 1 is 1.33 bits per heavy atom. The Hall–Kier alpha value is -2.17. The highest BCUT2D eigenvalue weighted by Crippen LogP contribution is 2.39. The zero-order chi connectivity index (χ0) is 13.1. The van der Waals surface area contributed by atoms with E-state index in [0.29, 0.717) is 23.9 Å². The molecule has 0 aliphatic carbocycles. The Morgan fingerprint density at radius 3 is 2.67 bits per heavy atom. The fourth-order valence-corrected chi connectivity index (χ4v) is 1.84. The third-order valence-corrected chi connectivity index (χ3v) is 2.76. The number of aryl methyl sites for hydroxylation is 1. The minimum absolute atomic E-state index is 0.563. The predicted octanol–water partition coefficient (Wildman–Crippen LogP) is 2.08. The fourth-order valence-electron chi connectivity index (χ4n) is 1.84. The van der Waals surface area contributed by atoms with E-state index in [4.69, 9.17) is 15.2 Å². The number of benzene rings is 1. The average molecular weight is 247 g/mol. The Balaban J connectivity index is 2.59. The molecule has 0 atom stereocenters. The van der Waals surface area contributed by atoms with Crippen LogP contribution >= 0.6 is 0 Å². The van der Waals surface area contributed by atoms with Gasteiger partial charge in [0.1, 0.15) is 5.82 Å². The van der Waals surface area contributed by atoms with Crippen LogP contribution in [0.4, 0.5) is 5.82 Å². The number of nitrogen functional groups attached to an aromatic ring is 1. The number of anilines is 1. The molecule has 0 spiro atoms. The molecule has 2 N–H and O–H groups in total. The number of hydrogen-bond donors (Lipinski definition) is 1. The van der Waals surface area contributed by atoms with Gasteiger partial charge in [-0.05, 0) is 13.0 Å². The van der Waals surface area contributed by atoms with Gasteiger partial charge in [0.25, 0.3) is 0 Å². The van der Waals surface area contributed by atoms with E-state index in [0.717, 1.165) is 11.1 Å². The maximum atomic E-state index is 6.00. The van der Waals surface area contributed by atoms with Crippen molar-refractivity contribution in [1.82, 2.24) is 9.78 Å². The summed E-state index contributed by atoms with van der Waals surface area (Å²) in [5.41, 5.74) is 7.73. The minimum atomic E-state index is 0.563. The van der Waals surface area contributed by atoms with Crippen molar-refractivity contribution in [3.63, 3.8) is 0 Å². The zero-order valence-corrected chi connectivity index (χ0v) is 10.8. The summed E-state index contributed by atoms with van der Waals surface area (Å²) in [6.07, 6.45) is 1.73. The molecule has 1 heterocycles. The van der Waals surface area contributed by atoms with Gasteiger partial charge in [-0.3, -0.25) is 4.68 Å². The van der Waals surface area contributed by atoms with Gasteiger partial charge in [0.2, 0.25) is 0 Å². The Morgan fingerprint density at radius 2 is 2.11 bits per heavy atom. The van der Waals surface area contributed by atoms with Crippen LogP contribution in [-0.4, -0.2) is 23.5 Å². The molecule has 0 fully saturated rings. The molecule has 18 heavy (non-hydrogen) atoms. The first-order valence-electron chi connectivity index (χ1n) is 5.76. The quantitative estimate of drug-likeness (QED) is 0.898. The molecule has 0 aliphatic heterocycles. The van der Waals surface area contributed by atoms with Gasteiger partial charge in [-0.1, -0.05) is 12.1 Å². The first-order chi connectivity index (χ1) is 8.69. The van der Waals surface area contributed by atoms with Gasteiger partial charge in [-0.2, -0.15) is 5.10 Å². The second kappa shape index (κ2) is 5.00. The lowest BCUT2D eigenvalue weighted by atomic mass is 10.1. The summed E-state index contributed by atoms with van der Waals surface area (Å²) < 4.78 is 12.6. The summed E-state index contributed by atoms with van der Waals surface area (Å²) in [6.45, 7) is 2.50. The standard InChI is InChI=1S/C13H17N3O2/c1-4-18-12-9(6-5-7-11(12)17-3)10-8-15-16(2)13(10)14/h5-8H,4,14H2,1-3H3. The van der Waals surface area contributed by atoms with Crippen molar-refractivity contribution in [3.05, 3.63) is 24.4 Å². The lowest BCUT2D eigenvalue weighted by Crippen LogP contribution is -2.00. The molecule has 0 radical (unpaired) electrons. The van der Waals surface area contributed by atoms with Crippen LogP contribution in [-0.2, 0) is 7.05 Å². The first kappa shape index (κ1) is 12.3. The van der Waals surface area contributed by atoms with Crippen molar-refractivity contribution in [1.29, 1.82) is 0 Å². The van der Waals surface area contributed by atoms with E-state index in [9.17, 15) is 0 Å². The number of aromatic nitrogens is 2. The number of nitrogens with zero attached hydrogens (tertiary/aromatic N) is 2. The zero-order valence-electron chi connectivity index (χ0n) is 10.8. The second-order valence-corrected chi connectivity index (χ2v) is 3.84. The van der Waals surface area contributed by atoms with Crippen LogP contribution < -0.4 is 15.2 Å². The van der Waals surface area contributed by atoms with Gasteiger partial charge in [0.05, 0.1) is 19.9 Å². The summed E-state index contributed by atoms with van der Waals surface area (Å²) in [5.74, 6) is 1.99. The fraction of sp³-hybridized carbons (Fsp3) is 0.308. The number of hydrogen-bond acceptors (Lipinski definition) is 4. The van der Waals surface area contributed by atoms with Gasteiger partial charge < -0.3 is 15.2 Å². The average Bonchev–Trinajstić information content (AvgIpc) is 2.71. The molecule has 2 aromatic rings. The molecule has 0 amide bonds. The van der Waals surface area contributed by atoms with Gasteiger partial charge in [-0.15, -0.1) is 0 Å². The van der Waals surface area contributed by atoms with Crippen LogP contribution in [0, 0.1) is 0 Å². The molecule has 2 rings (SSSR count). The van der Waals surface area contributed by atoms with Crippen LogP contribution in [0.15, 0.2) is 24.4 Å². The van der Waals surface area contributed by atoms with Gasteiger partial charge in [-0.25, -0.2) is 0 Å². The summed E-state index contributed by atoms with van der Waals surface area (Å²) >= 11 is 0. The smallest absolute Gasteiger partial charge is 0.169 e. The van der Waals surface area contributed by atoms with Gasteiger partial charge in [0, 0.05) is 18.2 Å². The number of nitrogens with two attached hydrogens (primary N) is 1. The Bertz CT molecular complexity index is 549. The molecule has 0 saturated heterocycles. The summed E-state index contributed by atoms with van der Waals surface area (Å²) in [4.78, 5) is 0. The van der Waals surface area contributed by atoms with E-state index in [1.807, 2.05) is 25.1 Å². The monoisotopic (exact) mass is 247 g/mol. The highest BCUT2D eigenvalue weighted by Gasteiger charge is 2.16. The maximum Gasteiger partial charge on any atom is 0.169 e. The normalized spacial score (nSPS) is 10.4. The van der Waals surface area contributed by atoms with Crippen LogP contribution in [0.5, 0.6) is 11.5 Å². The van der Waals surface area contributed by atoms with E-state index in [1.165, 1.54) is 0 Å². The summed E-state index contributed by atoms with van der Waals surface area (Å²) in [7, 11) is 3.42. The van der Waals surface area contributed by atoms with Crippen molar-refractivity contribution >= 4 is 5.82 Å². The molecule has 0 unspecified atom stereocenters. The Labute approximate surface area is 106 Å². The summed E-state index contributed by atoms with van der Waals surface area (Å²) in [5, 5.41) is 4.14. The van der Waals surface area contributed by atoms with Gasteiger partial charge >= 0.3 is 0 Å². The number of rotatable bonds is 4. The number of ether oxygens (including phenoxy) is 2. The Kier molecular flexibility index (Phi) is 3.41. The highest BCUT2D eigenvalue weighted by atomic mass is 16.5. The van der Waals surface area contributed by atoms with Crippen LogP contribution in [0.2, 0.25) is 0 Å². The van der Waals surface area contributed by atoms with Gasteiger partial charge in [0.15, 0.2) is 11.5 Å². The van der Waals surface area contributed by atoms with E-state index < -0.39 is 0 Å². The summed E-state index contributed by atoms with van der Waals surface area (Å²) in [6, 6.07) is 5.71. The molecule has 96 valence electrons. The molecular formula is C13H17N3O2. The van der Waals surface area contributed by atoms with E-state index in [1.54, 1.807) is 25.0 Å². The van der Waals surface area contributed by atoms with E-state index >= 15 is 0 Å². The lowest BCUT2D eigenvalue weighted by Gasteiger charge is -2.13. The molecule has 5 heteroatoms. The van der Waals surface area contributed by atoms with Crippen LogP contribution in [0.1, 0.15) is 6.92 Å². The molecule has 5 nitrogen and oxygen atoms in total. The van der Waals surface area contributed by atoms with Crippen LogP contribution in [0.25, 0.3) is 11.1 Å². The third kappa shape index (κ3) is 1.99. The number of methoxy groups -OCH3 is 1. The topological polar surface area (TPSA) is 62.3 Å². The van der Waals surface area contributed by atoms with Crippen molar-refractivity contribution < 1.29 is 9.47 Å². The third-order valence-electron chi connectivity index (χ3n) is 2.76. The SMILES string of the molecule is CCOc1c(OC)cccc1-c1cnn(C)c1N. The number of para-hydroxylation sites is 1. The highest BCUT2D eigenvalue weighted by molar-refractivity contribution is 5.80. The molecule has 1 aromatic heterocycles. The molecule has 0 saturated carbocycles. The minimum Gasteiger partial charge on any atom is -0.493 e. The van der Waals surface area contributed by atoms with Crippen molar-refractivity contribution in [2.45, 2.75) is 6.92 Å². The van der Waals surface area contributed by atoms with E-state index in [-0.39, 0.29) is 0 Å². The molecule has 1 aromatic carbocycles. The lowest BCUT2D eigenvalue weighted by molar-refractivity contribution is 0.312. The first-order valence-corrected chi connectivity index (χ1v) is 5.76. The molecule has 0 bridgehead atoms. The van der Waals surface area contributed by atoms with E-state index in [2.05, 4.69) is 5.10 Å². The largest absolute Gasteiger partial charge is 0.493 e.